The molecule has 2 N–H and O–H groups in total. The van der Waals surface area contributed by atoms with Gasteiger partial charge in [-0.05, 0) is 58.3 Å². The summed E-state index contributed by atoms with van der Waals surface area (Å²) in [6.07, 6.45) is 1.95. The Morgan fingerprint density at radius 3 is 2.49 bits per heavy atom. The van der Waals surface area contributed by atoms with Gasteiger partial charge in [-0.3, -0.25) is 9.78 Å². The molecule has 0 unspecified atom stereocenters. The number of likely N-dealkylation sites (N-methyl/N-ethyl adjacent to an activating group) is 2. The molecule has 0 bridgehead atoms. The Kier molecular flexibility index (Phi) is 8.60. The number of ether oxygens (including phenoxy) is 1. The zero-order valence-corrected chi connectivity index (χ0v) is 22.2. The number of primary sulfonamides is 1. The second-order valence-corrected chi connectivity index (χ2v) is 11.3. The molecule has 9 nitrogen and oxygen atoms in total. The van der Waals surface area contributed by atoms with Crippen molar-refractivity contribution in [3.8, 4) is 17.0 Å². The Bertz CT molecular complexity index is 1270. The molecule has 3 aromatic rings. The monoisotopic (exact) mass is 517 g/mol. The van der Waals surface area contributed by atoms with Gasteiger partial charge in [-0.25, -0.2) is 18.5 Å². The highest BCUT2D eigenvalue weighted by Crippen LogP contribution is 2.29. The van der Waals surface area contributed by atoms with Gasteiger partial charge in [0.15, 0.2) is 0 Å². The lowest BCUT2D eigenvalue weighted by molar-refractivity contribution is 0.0780. The molecule has 0 aliphatic rings. The highest BCUT2D eigenvalue weighted by atomic mass is 32.2. The summed E-state index contributed by atoms with van der Waals surface area (Å²) in [5.41, 5.74) is 2.58. The number of nitrogens with two attached hydrogens (primary N) is 1. The van der Waals surface area contributed by atoms with Crippen molar-refractivity contribution in [2.24, 2.45) is 5.14 Å². The van der Waals surface area contributed by atoms with E-state index < -0.39 is 10.0 Å². The highest BCUT2D eigenvalue weighted by Gasteiger charge is 2.17. The van der Waals surface area contributed by atoms with Gasteiger partial charge in [0.05, 0.1) is 21.7 Å². The van der Waals surface area contributed by atoms with Crippen molar-refractivity contribution in [2.45, 2.75) is 31.3 Å². The maximum absolute atomic E-state index is 12.6. The Labute approximate surface area is 210 Å². The molecular formula is C24H31N5O4S2. The van der Waals surface area contributed by atoms with E-state index in [1.807, 2.05) is 44.3 Å². The van der Waals surface area contributed by atoms with Crippen molar-refractivity contribution in [1.82, 2.24) is 19.8 Å². The summed E-state index contributed by atoms with van der Waals surface area (Å²) >= 11 is 1.45. The summed E-state index contributed by atoms with van der Waals surface area (Å²) in [5.74, 6) is 0.455. The number of aromatic nitrogens is 2. The van der Waals surface area contributed by atoms with Gasteiger partial charge in [-0.2, -0.15) is 0 Å². The van der Waals surface area contributed by atoms with E-state index >= 15 is 0 Å². The van der Waals surface area contributed by atoms with E-state index in [2.05, 4.69) is 9.97 Å². The molecule has 0 spiro atoms. The SMILES string of the molecule is CC(C)Oc1ccc(S(N)(=O)=O)cc1Cc1nc(-c2ccc(C(=O)N(C)CCN(C)C)nc2)cs1. The lowest BCUT2D eigenvalue weighted by Gasteiger charge is -2.19. The summed E-state index contributed by atoms with van der Waals surface area (Å²) in [6.45, 7) is 5.19. The Morgan fingerprint density at radius 1 is 1.14 bits per heavy atom. The Morgan fingerprint density at radius 2 is 1.89 bits per heavy atom. The van der Waals surface area contributed by atoms with Crippen LogP contribution in [-0.4, -0.2) is 74.4 Å². The standard InChI is InChI=1S/C24H31N5O4S2/c1-16(2)33-22-9-7-19(35(25,31)32)12-18(22)13-23-27-21(15-34-23)17-6-8-20(26-14-17)24(30)29(5)11-10-28(3)4/h6-9,12,14-16H,10-11,13H2,1-5H3,(H2,25,31,32). The maximum Gasteiger partial charge on any atom is 0.272 e. The third-order valence-electron chi connectivity index (χ3n) is 5.12. The first kappa shape index (κ1) is 26.7. The molecule has 0 aliphatic heterocycles. The summed E-state index contributed by atoms with van der Waals surface area (Å²) < 4.78 is 29.5. The number of carbonyl (C=O) groups excluding carboxylic acids is 1. The molecule has 3 rings (SSSR count). The number of rotatable bonds is 10. The van der Waals surface area contributed by atoms with Crippen LogP contribution in [0.4, 0.5) is 0 Å². The minimum absolute atomic E-state index is 0.0281. The number of benzene rings is 1. The molecule has 0 radical (unpaired) electrons. The van der Waals surface area contributed by atoms with Gasteiger partial charge in [-0.1, -0.05) is 0 Å². The maximum atomic E-state index is 12.6. The number of pyridine rings is 1. The molecule has 1 amide bonds. The molecule has 0 fully saturated rings. The van der Waals surface area contributed by atoms with E-state index in [0.29, 0.717) is 30.0 Å². The van der Waals surface area contributed by atoms with Crippen LogP contribution in [-0.2, 0) is 16.4 Å². The van der Waals surface area contributed by atoms with Crippen molar-refractivity contribution in [3.05, 3.63) is 58.2 Å². The predicted molar refractivity (Wildman–Crippen MR) is 137 cm³/mol. The average molecular weight is 518 g/mol. The lowest BCUT2D eigenvalue weighted by atomic mass is 10.1. The Balaban J connectivity index is 1.78. The second-order valence-electron chi connectivity index (χ2n) is 8.75. The highest BCUT2D eigenvalue weighted by molar-refractivity contribution is 7.89. The van der Waals surface area contributed by atoms with Gasteiger partial charge in [0.25, 0.3) is 5.91 Å². The van der Waals surface area contributed by atoms with E-state index in [1.54, 1.807) is 30.3 Å². The van der Waals surface area contributed by atoms with Gasteiger partial charge >= 0.3 is 0 Å². The lowest BCUT2D eigenvalue weighted by Crippen LogP contribution is -2.33. The number of amides is 1. The zero-order chi connectivity index (χ0) is 25.8. The molecule has 2 heterocycles. The normalized spacial score (nSPS) is 11.8. The molecule has 2 aromatic heterocycles. The largest absolute Gasteiger partial charge is 0.491 e. The molecule has 0 atom stereocenters. The van der Waals surface area contributed by atoms with Crippen LogP contribution in [0.2, 0.25) is 0 Å². The third-order valence-corrected chi connectivity index (χ3v) is 6.88. The fraction of sp³-hybridized carbons (Fsp3) is 0.375. The van der Waals surface area contributed by atoms with Crippen LogP contribution in [0.3, 0.4) is 0 Å². The topological polar surface area (TPSA) is 119 Å². The first-order chi connectivity index (χ1) is 16.4. The van der Waals surface area contributed by atoms with Crippen LogP contribution in [0.25, 0.3) is 11.3 Å². The number of nitrogens with zero attached hydrogens (tertiary/aromatic N) is 4. The van der Waals surface area contributed by atoms with Gasteiger partial charge in [-0.15, -0.1) is 11.3 Å². The molecule has 35 heavy (non-hydrogen) atoms. The van der Waals surface area contributed by atoms with Gasteiger partial charge < -0.3 is 14.5 Å². The zero-order valence-electron chi connectivity index (χ0n) is 20.6. The van der Waals surface area contributed by atoms with E-state index in [1.165, 1.54) is 23.5 Å². The minimum atomic E-state index is -3.84. The van der Waals surface area contributed by atoms with Gasteiger partial charge in [0, 0.05) is 49.3 Å². The number of hydrogen-bond acceptors (Lipinski definition) is 8. The van der Waals surface area contributed by atoms with Crippen molar-refractivity contribution in [3.63, 3.8) is 0 Å². The van der Waals surface area contributed by atoms with E-state index in [-0.39, 0.29) is 16.9 Å². The van der Waals surface area contributed by atoms with Gasteiger partial charge in [0.1, 0.15) is 11.4 Å². The molecule has 0 saturated heterocycles. The fourth-order valence-electron chi connectivity index (χ4n) is 3.25. The van der Waals surface area contributed by atoms with E-state index in [0.717, 1.165) is 22.8 Å². The van der Waals surface area contributed by atoms with Crippen LogP contribution in [0, 0.1) is 0 Å². The third kappa shape index (κ3) is 7.31. The first-order valence-electron chi connectivity index (χ1n) is 11.1. The van der Waals surface area contributed by atoms with Crippen molar-refractivity contribution in [2.75, 3.05) is 34.2 Å². The molecule has 188 valence electrons. The van der Waals surface area contributed by atoms with Crippen molar-refractivity contribution in [1.29, 1.82) is 0 Å². The van der Waals surface area contributed by atoms with Crippen LogP contribution < -0.4 is 9.88 Å². The number of sulfonamides is 1. The molecular weight excluding hydrogens is 486 g/mol. The van der Waals surface area contributed by atoms with Crippen LogP contribution in [0.15, 0.2) is 46.8 Å². The van der Waals surface area contributed by atoms with E-state index in [9.17, 15) is 13.2 Å². The van der Waals surface area contributed by atoms with Crippen LogP contribution in [0.5, 0.6) is 5.75 Å². The van der Waals surface area contributed by atoms with E-state index in [4.69, 9.17) is 9.88 Å². The summed E-state index contributed by atoms with van der Waals surface area (Å²) in [5, 5.41) is 8.00. The van der Waals surface area contributed by atoms with Crippen LogP contribution >= 0.6 is 11.3 Å². The quantitative estimate of drug-likeness (QED) is 0.439. The predicted octanol–water partition coefficient (Wildman–Crippen LogP) is 2.86. The summed E-state index contributed by atoms with van der Waals surface area (Å²) in [6, 6.07) is 8.12. The molecule has 0 saturated carbocycles. The smallest absolute Gasteiger partial charge is 0.272 e. The minimum Gasteiger partial charge on any atom is -0.491 e. The average Bonchev–Trinajstić information content (AvgIpc) is 3.25. The fourth-order valence-corrected chi connectivity index (χ4v) is 4.64. The summed E-state index contributed by atoms with van der Waals surface area (Å²) in [4.78, 5) is 25.3. The number of hydrogen-bond donors (Lipinski definition) is 1. The summed E-state index contributed by atoms with van der Waals surface area (Å²) in [7, 11) is 1.84. The second kappa shape index (κ2) is 11.3. The molecule has 1 aromatic carbocycles. The van der Waals surface area contributed by atoms with Crippen LogP contribution in [0.1, 0.15) is 34.9 Å². The number of carbonyl (C=O) groups is 1. The van der Waals surface area contributed by atoms with Gasteiger partial charge in [0.2, 0.25) is 10.0 Å². The number of thiazole rings is 1. The first-order valence-corrected chi connectivity index (χ1v) is 13.5. The van der Waals surface area contributed by atoms with Crippen molar-refractivity contribution >= 4 is 27.3 Å². The van der Waals surface area contributed by atoms with Crippen molar-refractivity contribution < 1.29 is 17.9 Å². The molecule has 0 aliphatic carbocycles. The Hall–Kier alpha value is -2.86. The molecule has 11 heteroatoms.